The molecule has 0 radical (unpaired) electrons. The van der Waals surface area contributed by atoms with Crippen molar-refractivity contribution in [2.24, 2.45) is 5.92 Å². The van der Waals surface area contributed by atoms with E-state index in [9.17, 15) is 4.79 Å². The molecule has 1 aliphatic rings. The Morgan fingerprint density at radius 3 is 2.29 bits per heavy atom. The van der Waals surface area contributed by atoms with Gasteiger partial charge in [-0.05, 0) is 30.2 Å². The van der Waals surface area contributed by atoms with Crippen molar-refractivity contribution in [1.82, 2.24) is 0 Å². The van der Waals surface area contributed by atoms with E-state index >= 15 is 0 Å². The minimum atomic E-state index is 0.308. The number of ketones is 1. The Kier molecular flexibility index (Phi) is 3.82. The minimum absolute atomic E-state index is 0.308. The molecule has 92 valence electrons. The summed E-state index contributed by atoms with van der Waals surface area (Å²) in [6.07, 6.45) is 5.82. The maximum Gasteiger partial charge on any atom is 0.163 e. The number of carbonyl (C=O) groups is 1. The van der Waals surface area contributed by atoms with Gasteiger partial charge in [0, 0.05) is 31.8 Å². The van der Waals surface area contributed by atoms with Crippen molar-refractivity contribution in [1.29, 1.82) is 0 Å². The van der Waals surface area contributed by atoms with Crippen LogP contribution in [-0.4, -0.2) is 19.9 Å². The van der Waals surface area contributed by atoms with E-state index < -0.39 is 0 Å². The van der Waals surface area contributed by atoms with Crippen LogP contribution in [0.25, 0.3) is 0 Å². The molecule has 2 nitrogen and oxygen atoms in total. The first-order valence-corrected chi connectivity index (χ1v) is 6.47. The lowest BCUT2D eigenvalue weighted by Crippen LogP contribution is -2.09. The Bertz CT molecular complexity index is 374. The van der Waals surface area contributed by atoms with Crippen LogP contribution in [0.1, 0.15) is 42.5 Å². The van der Waals surface area contributed by atoms with Gasteiger partial charge in [0.25, 0.3) is 0 Å². The highest BCUT2D eigenvalue weighted by Crippen LogP contribution is 2.28. The minimum Gasteiger partial charge on any atom is -0.378 e. The second kappa shape index (κ2) is 5.35. The topological polar surface area (TPSA) is 20.3 Å². The van der Waals surface area contributed by atoms with Crippen LogP contribution in [0.15, 0.2) is 24.3 Å². The fourth-order valence-electron chi connectivity index (χ4n) is 2.54. The molecule has 1 saturated carbocycles. The zero-order chi connectivity index (χ0) is 12.3. The number of rotatable bonds is 4. The van der Waals surface area contributed by atoms with Crippen LogP contribution in [0.5, 0.6) is 0 Å². The summed E-state index contributed by atoms with van der Waals surface area (Å²) in [5, 5.41) is 0. The van der Waals surface area contributed by atoms with E-state index in [0.29, 0.717) is 11.7 Å². The Hall–Kier alpha value is -1.31. The van der Waals surface area contributed by atoms with E-state index in [1.165, 1.54) is 25.7 Å². The van der Waals surface area contributed by atoms with Gasteiger partial charge in [-0.25, -0.2) is 0 Å². The molecule has 0 bridgehead atoms. The number of benzene rings is 1. The molecule has 0 aliphatic heterocycles. The highest BCUT2D eigenvalue weighted by Gasteiger charge is 2.19. The van der Waals surface area contributed by atoms with Crippen molar-refractivity contribution < 1.29 is 4.79 Å². The fourth-order valence-corrected chi connectivity index (χ4v) is 2.54. The summed E-state index contributed by atoms with van der Waals surface area (Å²) in [5.74, 6) is 0.943. The van der Waals surface area contributed by atoms with Crippen LogP contribution in [0.3, 0.4) is 0 Å². The quantitative estimate of drug-likeness (QED) is 0.739. The van der Waals surface area contributed by atoms with Gasteiger partial charge in [0.2, 0.25) is 0 Å². The smallest absolute Gasteiger partial charge is 0.163 e. The van der Waals surface area contributed by atoms with Crippen molar-refractivity contribution in [2.75, 3.05) is 19.0 Å². The second-order valence-electron chi connectivity index (χ2n) is 5.22. The SMILES string of the molecule is CN(C)c1ccc(C(=O)CC2CCCC2)cc1. The summed E-state index contributed by atoms with van der Waals surface area (Å²) in [7, 11) is 4.02. The van der Waals surface area contributed by atoms with Crippen LogP contribution in [0.4, 0.5) is 5.69 Å². The third kappa shape index (κ3) is 3.09. The molecule has 2 heteroatoms. The van der Waals surface area contributed by atoms with Crippen LogP contribution in [-0.2, 0) is 0 Å². The molecule has 0 atom stereocenters. The van der Waals surface area contributed by atoms with Crippen molar-refractivity contribution in [3.8, 4) is 0 Å². The highest BCUT2D eigenvalue weighted by atomic mass is 16.1. The van der Waals surface area contributed by atoms with Gasteiger partial charge in [-0.1, -0.05) is 25.7 Å². The van der Waals surface area contributed by atoms with E-state index in [-0.39, 0.29) is 0 Å². The molecule has 0 heterocycles. The lowest BCUT2D eigenvalue weighted by Gasteiger charge is -2.13. The van der Waals surface area contributed by atoms with Crippen LogP contribution >= 0.6 is 0 Å². The predicted molar refractivity (Wildman–Crippen MR) is 71.7 cm³/mol. The first-order valence-electron chi connectivity index (χ1n) is 6.47. The van der Waals surface area contributed by atoms with Gasteiger partial charge >= 0.3 is 0 Å². The van der Waals surface area contributed by atoms with Gasteiger partial charge in [0.1, 0.15) is 0 Å². The van der Waals surface area contributed by atoms with E-state index in [1.807, 2.05) is 43.3 Å². The van der Waals surface area contributed by atoms with E-state index in [2.05, 4.69) is 0 Å². The number of hydrogen-bond acceptors (Lipinski definition) is 2. The molecular weight excluding hydrogens is 210 g/mol. The maximum absolute atomic E-state index is 12.1. The van der Waals surface area contributed by atoms with E-state index in [4.69, 9.17) is 0 Å². The molecule has 2 rings (SSSR count). The molecule has 1 aliphatic carbocycles. The average Bonchev–Trinajstić information content (AvgIpc) is 2.82. The molecule has 0 amide bonds. The molecule has 0 spiro atoms. The summed E-state index contributed by atoms with van der Waals surface area (Å²) in [4.78, 5) is 14.1. The Labute approximate surface area is 104 Å². The third-order valence-electron chi connectivity index (χ3n) is 3.65. The number of anilines is 1. The van der Waals surface area contributed by atoms with Gasteiger partial charge in [0.05, 0.1) is 0 Å². The van der Waals surface area contributed by atoms with Gasteiger partial charge < -0.3 is 4.90 Å². The molecular formula is C15H21NO. The zero-order valence-corrected chi connectivity index (χ0v) is 10.8. The van der Waals surface area contributed by atoms with Crippen molar-refractivity contribution >= 4 is 11.5 Å². The Balaban J connectivity index is 1.98. The zero-order valence-electron chi connectivity index (χ0n) is 10.8. The summed E-state index contributed by atoms with van der Waals surface area (Å²) >= 11 is 0. The molecule has 0 N–H and O–H groups in total. The number of carbonyl (C=O) groups excluding carboxylic acids is 1. The standard InChI is InChI=1S/C15H21NO/c1-16(2)14-9-7-13(8-10-14)15(17)11-12-5-3-4-6-12/h7-10,12H,3-6,11H2,1-2H3. The fraction of sp³-hybridized carbons (Fsp3) is 0.533. The number of Topliss-reactive ketones (excluding diaryl/α,β-unsaturated/α-hetero) is 1. The second-order valence-corrected chi connectivity index (χ2v) is 5.22. The molecule has 17 heavy (non-hydrogen) atoms. The molecule has 1 aromatic rings. The largest absolute Gasteiger partial charge is 0.378 e. The van der Waals surface area contributed by atoms with E-state index in [1.54, 1.807) is 0 Å². The number of nitrogens with zero attached hydrogens (tertiary/aromatic N) is 1. The number of hydrogen-bond donors (Lipinski definition) is 0. The van der Waals surface area contributed by atoms with Crippen LogP contribution in [0, 0.1) is 5.92 Å². The monoisotopic (exact) mass is 231 g/mol. The van der Waals surface area contributed by atoms with E-state index in [0.717, 1.165) is 17.7 Å². The Morgan fingerprint density at radius 1 is 1.18 bits per heavy atom. The molecule has 1 fully saturated rings. The normalized spacial score (nSPS) is 16.1. The highest BCUT2D eigenvalue weighted by molar-refractivity contribution is 5.96. The third-order valence-corrected chi connectivity index (χ3v) is 3.65. The summed E-state index contributed by atoms with van der Waals surface area (Å²) in [6, 6.07) is 7.93. The lowest BCUT2D eigenvalue weighted by atomic mass is 9.97. The first kappa shape index (κ1) is 12.2. The van der Waals surface area contributed by atoms with Crippen LogP contribution < -0.4 is 4.90 Å². The molecule has 1 aromatic carbocycles. The first-order chi connectivity index (χ1) is 8.16. The lowest BCUT2D eigenvalue weighted by molar-refractivity contribution is 0.0962. The predicted octanol–water partition coefficient (Wildman–Crippen LogP) is 3.52. The van der Waals surface area contributed by atoms with Crippen molar-refractivity contribution in [3.63, 3.8) is 0 Å². The average molecular weight is 231 g/mol. The molecule has 0 aromatic heterocycles. The van der Waals surface area contributed by atoms with Crippen molar-refractivity contribution in [2.45, 2.75) is 32.1 Å². The summed E-state index contributed by atoms with van der Waals surface area (Å²) in [5.41, 5.74) is 2.00. The van der Waals surface area contributed by atoms with Gasteiger partial charge in [-0.15, -0.1) is 0 Å². The van der Waals surface area contributed by atoms with Gasteiger partial charge in [0.15, 0.2) is 5.78 Å². The summed E-state index contributed by atoms with van der Waals surface area (Å²) in [6.45, 7) is 0. The van der Waals surface area contributed by atoms with Crippen LogP contribution in [0.2, 0.25) is 0 Å². The summed E-state index contributed by atoms with van der Waals surface area (Å²) < 4.78 is 0. The molecule has 0 saturated heterocycles. The maximum atomic E-state index is 12.1. The van der Waals surface area contributed by atoms with Crippen molar-refractivity contribution in [3.05, 3.63) is 29.8 Å². The molecule has 0 unspecified atom stereocenters. The van der Waals surface area contributed by atoms with Gasteiger partial charge in [-0.3, -0.25) is 4.79 Å². The Morgan fingerprint density at radius 2 is 1.76 bits per heavy atom. The van der Waals surface area contributed by atoms with Gasteiger partial charge in [-0.2, -0.15) is 0 Å².